The molecule has 1 aromatic heterocycles. The number of carbonyl (C=O) groups is 1. The maximum absolute atomic E-state index is 13.3. The van der Waals surface area contributed by atoms with Gasteiger partial charge in [0.05, 0.1) is 18.4 Å². The second-order valence-corrected chi connectivity index (χ2v) is 11.6. The molecule has 0 bridgehead atoms. The van der Waals surface area contributed by atoms with E-state index in [0.717, 1.165) is 36.0 Å². The normalized spacial score (nSPS) is 46.6. The van der Waals surface area contributed by atoms with Gasteiger partial charge >= 0.3 is 0 Å². The summed E-state index contributed by atoms with van der Waals surface area (Å²) >= 11 is 0. The van der Waals surface area contributed by atoms with Gasteiger partial charge in [0.25, 0.3) is 0 Å². The summed E-state index contributed by atoms with van der Waals surface area (Å²) in [4.78, 5) is 13.3. The molecule has 2 N–H and O–H groups in total. The second kappa shape index (κ2) is 6.85. The second-order valence-electron chi connectivity index (χ2n) is 11.6. The Kier molecular flexibility index (Phi) is 4.64. The Bertz CT molecular complexity index is 787. The van der Waals surface area contributed by atoms with Gasteiger partial charge in [-0.1, -0.05) is 27.2 Å². The lowest BCUT2D eigenvalue weighted by Gasteiger charge is -2.61. The lowest BCUT2D eigenvalue weighted by Crippen LogP contribution is -2.53. The molecule has 0 saturated heterocycles. The average molecular weight is 398 g/mol. The first-order valence-electron chi connectivity index (χ1n) is 12.1. The van der Waals surface area contributed by atoms with Crippen LogP contribution in [-0.2, 0) is 11.3 Å². The Hall–Kier alpha value is -1.32. The van der Waals surface area contributed by atoms with Gasteiger partial charge in [-0.05, 0) is 91.8 Å². The highest BCUT2D eigenvalue weighted by atomic mass is 16.1. The molecule has 4 aliphatic carbocycles. The van der Waals surface area contributed by atoms with Crippen LogP contribution in [0.2, 0.25) is 0 Å². The molecule has 8 atom stereocenters. The van der Waals surface area contributed by atoms with E-state index in [0.29, 0.717) is 23.4 Å². The van der Waals surface area contributed by atoms with Gasteiger partial charge in [-0.2, -0.15) is 5.10 Å². The summed E-state index contributed by atoms with van der Waals surface area (Å²) in [6, 6.07) is 0. The lowest BCUT2D eigenvalue weighted by atomic mass is 9.44. The van der Waals surface area contributed by atoms with Crippen LogP contribution >= 0.6 is 0 Å². The van der Waals surface area contributed by atoms with Crippen molar-refractivity contribution in [2.75, 3.05) is 5.73 Å². The minimum atomic E-state index is 0.197. The van der Waals surface area contributed by atoms with Gasteiger partial charge in [-0.25, -0.2) is 0 Å². The minimum Gasteiger partial charge on any atom is -0.396 e. The standard InChI is InChI=1S/C25H39N3O/c1-16-8-10-24(2)17(12-16)4-5-19-20-6-7-22(25(20,3)11-9-21(19)24)23(29)15-28-14-18(26)13-27-28/h13-14,16-17,19-22H,4-12,15,26H2,1-3H3/t16-,17?,19-,20?,21?,22+,24?,25?/m0/s1. The summed E-state index contributed by atoms with van der Waals surface area (Å²) < 4.78 is 1.73. The summed E-state index contributed by atoms with van der Waals surface area (Å²) in [6.45, 7) is 7.95. The average Bonchev–Trinajstić information content (AvgIpc) is 3.24. The molecule has 1 heterocycles. The number of nitrogens with two attached hydrogens (primary N) is 1. The predicted octanol–water partition coefficient (Wildman–Crippen LogP) is 5.33. The Labute approximate surface area is 176 Å². The molecule has 0 radical (unpaired) electrons. The molecule has 4 saturated carbocycles. The Balaban J connectivity index is 1.35. The summed E-state index contributed by atoms with van der Waals surface area (Å²) in [7, 11) is 0. The van der Waals surface area contributed by atoms with Crippen molar-refractivity contribution in [1.29, 1.82) is 0 Å². The Morgan fingerprint density at radius 2 is 1.86 bits per heavy atom. The van der Waals surface area contributed by atoms with Crippen molar-refractivity contribution in [3.63, 3.8) is 0 Å². The molecule has 4 fully saturated rings. The lowest BCUT2D eigenvalue weighted by molar-refractivity contribution is -0.137. The minimum absolute atomic E-state index is 0.197. The number of Topliss-reactive ketones (excluding diaryl/α,β-unsaturated/α-hetero) is 1. The van der Waals surface area contributed by atoms with Crippen LogP contribution < -0.4 is 5.73 Å². The van der Waals surface area contributed by atoms with E-state index in [2.05, 4.69) is 25.9 Å². The van der Waals surface area contributed by atoms with Crippen molar-refractivity contribution < 1.29 is 4.79 Å². The zero-order valence-corrected chi connectivity index (χ0v) is 18.6. The van der Waals surface area contributed by atoms with Crippen LogP contribution in [0.4, 0.5) is 5.69 Å². The van der Waals surface area contributed by atoms with Crippen LogP contribution in [0.15, 0.2) is 12.4 Å². The summed E-state index contributed by atoms with van der Waals surface area (Å²) in [5.74, 6) is 4.94. The fraction of sp³-hybridized carbons (Fsp3) is 0.840. The molecule has 0 amide bonds. The Morgan fingerprint density at radius 3 is 2.62 bits per heavy atom. The molecule has 4 aliphatic rings. The van der Waals surface area contributed by atoms with Crippen molar-refractivity contribution in [1.82, 2.24) is 9.78 Å². The first-order chi connectivity index (χ1) is 13.8. The van der Waals surface area contributed by atoms with Crippen LogP contribution in [0, 0.1) is 46.3 Å². The van der Waals surface area contributed by atoms with E-state index in [4.69, 9.17) is 5.73 Å². The van der Waals surface area contributed by atoms with Crippen molar-refractivity contribution >= 4 is 11.5 Å². The maximum Gasteiger partial charge on any atom is 0.157 e. The number of nitrogens with zero attached hydrogens (tertiary/aromatic N) is 2. The molecule has 4 heteroatoms. The van der Waals surface area contributed by atoms with E-state index in [1.807, 2.05) is 0 Å². The van der Waals surface area contributed by atoms with Crippen LogP contribution in [0.1, 0.15) is 78.6 Å². The van der Waals surface area contributed by atoms with E-state index < -0.39 is 0 Å². The highest BCUT2D eigenvalue weighted by Gasteiger charge is 2.60. The largest absolute Gasteiger partial charge is 0.396 e. The van der Waals surface area contributed by atoms with E-state index in [-0.39, 0.29) is 11.3 Å². The number of rotatable bonds is 3. The summed E-state index contributed by atoms with van der Waals surface area (Å²) in [6.07, 6.45) is 15.5. The fourth-order valence-corrected chi connectivity index (χ4v) is 8.74. The molecule has 5 unspecified atom stereocenters. The number of nitrogen functional groups attached to an aromatic ring is 1. The van der Waals surface area contributed by atoms with E-state index >= 15 is 0 Å². The molecule has 0 aromatic carbocycles. The van der Waals surface area contributed by atoms with Crippen molar-refractivity contribution in [3.8, 4) is 0 Å². The zero-order valence-electron chi connectivity index (χ0n) is 18.6. The quantitative estimate of drug-likeness (QED) is 0.750. The van der Waals surface area contributed by atoms with Crippen molar-refractivity contribution in [2.45, 2.75) is 85.1 Å². The molecular formula is C25H39N3O. The van der Waals surface area contributed by atoms with Gasteiger partial charge in [0.1, 0.15) is 0 Å². The molecule has 5 rings (SSSR count). The zero-order chi connectivity index (χ0) is 20.4. The smallest absolute Gasteiger partial charge is 0.157 e. The number of ketones is 1. The van der Waals surface area contributed by atoms with Gasteiger partial charge in [0, 0.05) is 12.1 Å². The van der Waals surface area contributed by atoms with Gasteiger partial charge in [-0.3, -0.25) is 9.48 Å². The SMILES string of the molecule is C[C@H]1CCC2(C)C(CC[C@@H]3C2CCC2(C)C3CC[C@@H]2C(=O)Cn2cc(N)cn2)C1. The molecule has 160 valence electrons. The van der Waals surface area contributed by atoms with Crippen LogP contribution in [0.25, 0.3) is 0 Å². The number of hydrogen-bond acceptors (Lipinski definition) is 3. The molecule has 4 nitrogen and oxygen atoms in total. The van der Waals surface area contributed by atoms with Crippen molar-refractivity contribution in [2.24, 2.45) is 46.3 Å². The van der Waals surface area contributed by atoms with Crippen LogP contribution in [0.5, 0.6) is 0 Å². The summed E-state index contributed by atoms with van der Waals surface area (Å²) in [5, 5.41) is 4.25. The van der Waals surface area contributed by atoms with Crippen molar-refractivity contribution in [3.05, 3.63) is 12.4 Å². The summed E-state index contributed by atoms with van der Waals surface area (Å²) in [5.41, 5.74) is 7.19. The van der Waals surface area contributed by atoms with E-state index in [9.17, 15) is 4.79 Å². The maximum atomic E-state index is 13.3. The molecule has 0 aliphatic heterocycles. The third-order valence-corrected chi connectivity index (χ3v) is 10.3. The van der Waals surface area contributed by atoms with Gasteiger partial charge in [0.2, 0.25) is 0 Å². The topological polar surface area (TPSA) is 60.9 Å². The number of fused-ring (bicyclic) bond motifs is 5. The van der Waals surface area contributed by atoms with Gasteiger partial charge in [0.15, 0.2) is 5.78 Å². The van der Waals surface area contributed by atoms with E-state index in [1.165, 1.54) is 51.4 Å². The number of carbonyl (C=O) groups excluding carboxylic acids is 1. The highest BCUT2D eigenvalue weighted by Crippen LogP contribution is 2.67. The molecule has 29 heavy (non-hydrogen) atoms. The molecular weight excluding hydrogens is 358 g/mol. The fourth-order valence-electron chi connectivity index (χ4n) is 8.74. The van der Waals surface area contributed by atoms with Gasteiger partial charge in [-0.15, -0.1) is 0 Å². The van der Waals surface area contributed by atoms with Crippen LogP contribution in [-0.4, -0.2) is 15.6 Å². The third kappa shape index (κ3) is 2.99. The highest BCUT2D eigenvalue weighted by molar-refractivity contribution is 5.82. The number of hydrogen-bond donors (Lipinski definition) is 1. The monoisotopic (exact) mass is 397 g/mol. The van der Waals surface area contributed by atoms with Gasteiger partial charge < -0.3 is 5.73 Å². The van der Waals surface area contributed by atoms with E-state index in [1.54, 1.807) is 17.1 Å². The number of anilines is 1. The number of aromatic nitrogens is 2. The Morgan fingerprint density at radius 1 is 1.10 bits per heavy atom. The third-order valence-electron chi connectivity index (χ3n) is 10.3. The first kappa shape index (κ1) is 19.6. The predicted molar refractivity (Wildman–Crippen MR) is 116 cm³/mol. The molecule has 0 spiro atoms. The van der Waals surface area contributed by atoms with Crippen LogP contribution in [0.3, 0.4) is 0 Å². The molecule has 1 aromatic rings. The first-order valence-corrected chi connectivity index (χ1v) is 12.1.